The van der Waals surface area contributed by atoms with Crippen LogP contribution < -0.4 is 10.6 Å². The molecule has 2 unspecified atom stereocenters. The van der Waals surface area contributed by atoms with Gasteiger partial charge < -0.3 is 10.6 Å². The molecular weight excluding hydrogens is 260 g/mol. The molecule has 1 amide bonds. The Labute approximate surface area is 127 Å². The van der Waals surface area contributed by atoms with Crippen LogP contribution >= 0.6 is 0 Å². The van der Waals surface area contributed by atoms with E-state index in [1.54, 1.807) is 0 Å². The molecule has 2 aliphatic rings. The highest BCUT2D eigenvalue weighted by molar-refractivity contribution is 5.82. The van der Waals surface area contributed by atoms with Gasteiger partial charge in [0.05, 0.1) is 6.04 Å². The van der Waals surface area contributed by atoms with Gasteiger partial charge in [-0.3, -0.25) is 4.79 Å². The van der Waals surface area contributed by atoms with Gasteiger partial charge >= 0.3 is 0 Å². The molecule has 1 fully saturated rings. The third-order valence-corrected chi connectivity index (χ3v) is 4.92. The minimum atomic E-state index is -0.0764. The molecule has 1 aliphatic heterocycles. The summed E-state index contributed by atoms with van der Waals surface area (Å²) < 4.78 is 0. The van der Waals surface area contributed by atoms with Crippen LogP contribution in [0.4, 0.5) is 0 Å². The van der Waals surface area contributed by atoms with Crippen molar-refractivity contribution in [3.05, 3.63) is 35.4 Å². The summed E-state index contributed by atoms with van der Waals surface area (Å²) in [5.41, 5.74) is 2.63. The Morgan fingerprint density at radius 1 is 1.10 bits per heavy atom. The highest BCUT2D eigenvalue weighted by Gasteiger charge is 2.29. The molecule has 0 spiro atoms. The van der Waals surface area contributed by atoms with Crippen LogP contribution in [-0.2, 0) is 17.8 Å². The average Bonchev–Trinajstić information content (AvgIpc) is 2.45. The first-order chi connectivity index (χ1) is 10.1. The molecule has 0 aromatic heterocycles. The second-order valence-electron chi connectivity index (χ2n) is 7.03. The molecule has 1 heterocycles. The first-order valence-electron chi connectivity index (χ1n) is 8.22. The van der Waals surface area contributed by atoms with E-state index in [1.807, 2.05) is 0 Å². The van der Waals surface area contributed by atoms with E-state index < -0.39 is 0 Å². The number of benzene rings is 1. The fraction of sp³-hybridized carbons (Fsp3) is 0.611. The lowest BCUT2D eigenvalue weighted by Crippen LogP contribution is -2.51. The number of nitrogens with one attached hydrogen (secondary N) is 2. The minimum Gasteiger partial charge on any atom is -0.352 e. The van der Waals surface area contributed by atoms with Gasteiger partial charge in [-0.1, -0.05) is 38.1 Å². The van der Waals surface area contributed by atoms with Crippen molar-refractivity contribution in [3.8, 4) is 0 Å². The molecule has 114 valence electrons. The molecule has 0 saturated heterocycles. The van der Waals surface area contributed by atoms with Crippen molar-refractivity contribution in [2.24, 2.45) is 11.8 Å². The molecule has 3 atom stereocenters. The fourth-order valence-electron chi connectivity index (χ4n) is 4.01. The number of amides is 1. The van der Waals surface area contributed by atoms with Crippen LogP contribution in [-0.4, -0.2) is 18.0 Å². The van der Waals surface area contributed by atoms with Crippen LogP contribution in [0.15, 0.2) is 24.3 Å². The Bertz CT molecular complexity index is 504. The Morgan fingerprint density at radius 3 is 2.48 bits per heavy atom. The van der Waals surface area contributed by atoms with Crippen molar-refractivity contribution in [1.29, 1.82) is 0 Å². The molecule has 0 radical (unpaired) electrons. The normalized spacial score (nSPS) is 32.3. The zero-order valence-electron chi connectivity index (χ0n) is 13.1. The summed E-state index contributed by atoms with van der Waals surface area (Å²) in [7, 11) is 0. The zero-order chi connectivity index (χ0) is 14.8. The Morgan fingerprint density at radius 2 is 1.76 bits per heavy atom. The van der Waals surface area contributed by atoms with E-state index in [0.717, 1.165) is 37.6 Å². The second kappa shape index (κ2) is 6.18. The van der Waals surface area contributed by atoms with E-state index in [2.05, 4.69) is 48.7 Å². The van der Waals surface area contributed by atoms with Gasteiger partial charge in [0.2, 0.25) is 5.91 Å². The molecular formula is C18H26N2O. The summed E-state index contributed by atoms with van der Waals surface area (Å²) in [6, 6.07) is 8.68. The lowest BCUT2D eigenvalue weighted by Gasteiger charge is -2.34. The van der Waals surface area contributed by atoms with Gasteiger partial charge in [0.1, 0.15) is 0 Å². The van der Waals surface area contributed by atoms with Crippen molar-refractivity contribution in [2.75, 3.05) is 0 Å². The smallest absolute Gasteiger partial charge is 0.237 e. The van der Waals surface area contributed by atoms with E-state index >= 15 is 0 Å². The van der Waals surface area contributed by atoms with E-state index in [4.69, 9.17) is 0 Å². The number of carbonyl (C=O) groups is 1. The molecule has 3 heteroatoms. The van der Waals surface area contributed by atoms with Crippen molar-refractivity contribution >= 4 is 5.91 Å². The van der Waals surface area contributed by atoms with Crippen LogP contribution in [0.25, 0.3) is 0 Å². The summed E-state index contributed by atoms with van der Waals surface area (Å²) in [5, 5.41) is 6.65. The SMILES string of the molecule is CC1CC(C)CC(NC(=O)[C@@H]2Cc3ccccc3CN2)C1. The summed E-state index contributed by atoms with van der Waals surface area (Å²) in [6.45, 7) is 5.39. The van der Waals surface area contributed by atoms with Crippen LogP contribution in [0.2, 0.25) is 0 Å². The number of fused-ring (bicyclic) bond motifs is 1. The molecule has 0 bridgehead atoms. The van der Waals surface area contributed by atoms with Crippen molar-refractivity contribution in [2.45, 2.75) is 58.2 Å². The summed E-state index contributed by atoms with van der Waals surface area (Å²) in [6.07, 6.45) is 4.35. The maximum absolute atomic E-state index is 12.5. The van der Waals surface area contributed by atoms with E-state index in [9.17, 15) is 4.79 Å². The predicted octanol–water partition coefficient (Wildman–Crippen LogP) is 2.64. The molecule has 1 aromatic rings. The maximum Gasteiger partial charge on any atom is 0.237 e. The topological polar surface area (TPSA) is 41.1 Å². The van der Waals surface area contributed by atoms with Gasteiger partial charge in [-0.05, 0) is 48.6 Å². The van der Waals surface area contributed by atoms with Gasteiger partial charge in [-0.15, -0.1) is 0 Å². The first-order valence-corrected chi connectivity index (χ1v) is 8.22. The van der Waals surface area contributed by atoms with Gasteiger partial charge in [-0.2, -0.15) is 0 Å². The van der Waals surface area contributed by atoms with E-state index in [1.165, 1.54) is 17.5 Å². The lowest BCUT2D eigenvalue weighted by molar-refractivity contribution is -0.124. The highest BCUT2D eigenvalue weighted by Crippen LogP contribution is 2.28. The summed E-state index contributed by atoms with van der Waals surface area (Å²) >= 11 is 0. The molecule has 21 heavy (non-hydrogen) atoms. The largest absolute Gasteiger partial charge is 0.352 e. The van der Waals surface area contributed by atoms with Crippen LogP contribution in [0.5, 0.6) is 0 Å². The first kappa shape index (κ1) is 14.6. The second-order valence-corrected chi connectivity index (χ2v) is 7.03. The van der Waals surface area contributed by atoms with Crippen molar-refractivity contribution < 1.29 is 4.79 Å². The number of carbonyl (C=O) groups excluding carboxylic acids is 1. The maximum atomic E-state index is 12.5. The quantitative estimate of drug-likeness (QED) is 0.877. The van der Waals surface area contributed by atoms with Crippen LogP contribution in [0.3, 0.4) is 0 Å². The highest BCUT2D eigenvalue weighted by atomic mass is 16.2. The van der Waals surface area contributed by atoms with Gasteiger partial charge in [0, 0.05) is 12.6 Å². The molecule has 1 saturated carbocycles. The molecule has 3 nitrogen and oxygen atoms in total. The molecule has 3 rings (SSSR count). The number of rotatable bonds is 2. The van der Waals surface area contributed by atoms with E-state index in [-0.39, 0.29) is 11.9 Å². The zero-order valence-corrected chi connectivity index (χ0v) is 13.1. The monoisotopic (exact) mass is 286 g/mol. The fourth-order valence-corrected chi connectivity index (χ4v) is 4.01. The predicted molar refractivity (Wildman–Crippen MR) is 84.9 cm³/mol. The number of hydrogen-bond donors (Lipinski definition) is 2. The lowest BCUT2D eigenvalue weighted by atomic mass is 9.80. The van der Waals surface area contributed by atoms with Gasteiger partial charge in [-0.25, -0.2) is 0 Å². The number of hydrogen-bond acceptors (Lipinski definition) is 2. The summed E-state index contributed by atoms with van der Waals surface area (Å²) in [5.74, 6) is 1.62. The van der Waals surface area contributed by atoms with Gasteiger partial charge in [0.25, 0.3) is 0 Å². The molecule has 1 aliphatic carbocycles. The summed E-state index contributed by atoms with van der Waals surface area (Å²) in [4.78, 5) is 12.5. The third-order valence-electron chi connectivity index (χ3n) is 4.92. The third kappa shape index (κ3) is 3.46. The van der Waals surface area contributed by atoms with Crippen LogP contribution in [0, 0.1) is 11.8 Å². The van der Waals surface area contributed by atoms with Crippen molar-refractivity contribution in [1.82, 2.24) is 10.6 Å². The Hall–Kier alpha value is -1.35. The van der Waals surface area contributed by atoms with Crippen LogP contribution in [0.1, 0.15) is 44.2 Å². The molecule has 2 N–H and O–H groups in total. The minimum absolute atomic E-state index is 0.0764. The average molecular weight is 286 g/mol. The Kier molecular flexibility index (Phi) is 4.29. The standard InChI is InChI=1S/C18H26N2O/c1-12-7-13(2)9-16(8-12)20-18(21)17-10-14-5-3-4-6-15(14)11-19-17/h3-6,12-13,16-17,19H,7-11H2,1-2H3,(H,20,21)/t12?,13?,16?,17-/m0/s1. The van der Waals surface area contributed by atoms with E-state index in [0.29, 0.717) is 6.04 Å². The molecule has 1 aromatic carbocycles. The van der Waals surface area contributed by atoms with Gasteiger partial charge in [0.15, 0.2) is 0 Å². The Balaban J connectivity index is 1.59. The van der Waals surface area contributed by atoms with Crippen molar-refractivity contribution in [3.63, 3.8) is 0 Å².